The van der Waals surface area contributed by atoms with Crippen LogP contribution in [0, 0.1) is 5.92 Å². The molecule has 2 fully saturated rings. The number of amides is 2. The molecule has 0 aliphatic carbocycles. The fraction of sp³-hybridized carbons (Fsp3) is 0.619. The first-order valence-electron chi connectivity index (χ1n) is 10.2. The number of carbonyl (C=O) groups excluding carboxylic acids is 2. The quantitative estimate of drug-likeness (QED) is 0.833. The Bertz CT molecular complexity index is 616. The number of rotatable bonds is 6. The van der Waals surface area contributed by atoms with Gasteiger partial charge in [-0.25, -0.2) is 4.79 Å². The largest absolute Gasteiger partial charge is 0.450 e. The maximum Gasteiger partial charge on any atom is 0.409 e. The second kappa shape index (κ2) is 9.74. The van der Waals surface area contributed by atoms with E-state index in [0.29, 0.717) is 19.7 Å². The molecule has 2 saturated heterocycles. The molecule has 2 unspecified atom stereocenters. The van der Waals surface area contributed by atoms with E-state index < -0.39 is 0 Å². The van der Waals surface area contributed by atoms with Crippen LogP contribution in [0.25, 0.3) is 0 Å². The van der Waals surface area contributed by atoms with Gasteiger partial charge in [0.1, 0.15) is 0 Å². The van der Waals surface area contributed by atoms with E-state index in [2.05, 4.69) is 22.3 Å². The van der Waals surface area contributed by atoms with Gasteiger partial charge in [-0.05, 0) is 51.3 Å². The summed E-state index contributed by atoms with van der Waals surface area (Å²) in [6.45, 7) is 6.30. The highest BCUT2D eigenvalue weighted by Gasteiger charge is 2.31. The number of likely N-dealkylation sites (tertiary alicyclic amines) is 2. The van der Waals surface area contributed by atoms with E-state index in [1.54, 1.807) is 11.8 Å². The summed E-state index contributed by atoms with van der Waals surface area (Å²) in [4.78, 5) is 29.1. The third kappa shape index (κ3) is 5.45. The molecule has 27 heavy (non-hydrogen) atoms. The summed E-state index contributed by atoms with van der Waals surface area (Å²) in [6.07, 6.45) is 3.79. The van der Waals surface area contributed by atoms with Crippen LogP contribution in [-0.2, 0) is 9.53 Å². The molecule has 2 amide bonds. The average Bonchev–Trinajstić information content (AvgIpc) is 3.21. The number of hydrogen-bond acceptors (Lipinski definition) is 4. The summed E-state index contributed by atoms with van der Waals surface area (Å²) in [5.74, 6) is -0.134. The first-order chi connectivity index (χ1) is 13.2. The molecule has 1 aromatic rings. The van der Waals surface area contributed by atoms with Crippen LogP contribution in [0.15, 0.2) is 30.3 Å². The van der Waals surface area contributed by atoms with Gasteiger partial charge in [0.2, 0.25) is 5.91 Å². The van der Waals surface area contributed by atoms with Gasteiger partial charge in [-0.15, -0.1) is 0 Å². The van der Waals surface area contributed by atoms with Crippen LogP contribution in [0.4, 0.5) is 4.79 Å². The first-order valence-corrected chi connectivity index (χ1v) is 10.2. The Balaban J connectivity index is 1.63. The molecule has 1 aromatic carbocycles. The lowest BCUT2D eigenvalue weighted by Crippen LogP contribution is -2.47. The summed E-state index contributed by atoms with van der Waals surface area (Å²) >= 11 is 0. The zero-order valence-corrected chi connectivity index (χ0v) is 16.2. The van der Waals surface area contributed by atoms with E-state index >= 15 is 0 Å². The van der Waals surface area contributed by atoms with E-state index in [1.165, 1.54) is 12.8 Å². The number of nitrogens with one attached hydrogen (secondary N) is 1. The van der Waals surface area contributed by atoms with Crippen LogP contribution in [0.5, 0.6) is 0 Å². The molecular weight excluding hydrogens is 342 g/mol. The van der Waals surface area contributed by atoms with E-state index in [1.807, 2.05) is 18.2 Å². The van der Waals surface area contributed by atoms with Gasteiger partial charge in [-0.3, -0.25) is 4.79 Å². The van der Waals surface area contributed by atoms with Crippen molar-refractivity contribution in [2.45, 2.75) is 38.6 Å². The Kier molecular flexibility index (Phi) is 7.10. The summed E-state index contributed by atoms with van der Waals surface area (Å²) in [6, 6.07) is 10.2. The van der Waals surface area contributed by atoms with Crippen molar-refractivity contribution in [3.63, 3.8) is 0 Å². The lowest BCUT2D eigenvalue weighted by Gasteiger charge is -2.33. The third-order valence-corrected chi connectivity index (χ3v) is 5.48. The lowest BCUT2D eigenvalue weighted by atomic mass is 9.96. The highest BCUT2D eigenvalue weighted by Crippen LogP contribution is 2.21. The van der Waals surface area contributed by atoms with Gasteiger partial charge >= 0.3 is 6.09 Å². The molecule has 0 saturated carbocycles. The zero-order valence-electron chi connectivity index (χ0n) is 16.2. The molecule has 2 aliphatic heterocycles. The second-order valence-electron chi connectivity index (χ2n) is 7.46. The number of piperidine rings is 1. The summed E-state index contributed by atoms with van der Waals surface area (Å²) in [5, 5.41) is 3.26. The Morgan fingerprint density at radius 3 is 2.59 bits per heavy atom. The van der Waals surface area contributed by atoms with E-state index in [0.717, 1.165) is 38.0 Å². The molecule has 6 nitrogen and oxygen atoms in total. The molecule has 0 aromatic heterocycles. The van der Waals surface area contributed by atoms with Crippen LogP contribution < -0.4 is 5.32 Å². The van der Waals surface area contributed by atoms with Gasteiger partial charge in [-0.2, -0.15) is 0 Å². The van der Waals surface area contributed by atoms with Crippen molar-refractivity contribution >= 4 is 12.0 Å². The summed E-state index contributed by atoms with van der Waals surface area (Å²) in [5.41, 5.74) is 1.14. The molecule has 2 heterocycles. The van der Waals surface area contributed by atoms with E-state index in [4.69, 9.17) is 4.74 Å². The maximum absolute atomic E-state index is 13.0. The highest BCUT2D eigenvalue weighted by atomic mass is 16.6. The summed E-state index contributed by atoms with van der Waals surface area (Å²) in [7, 11) is 0. The van der Waals surface area contributed by atoms with Crippen molar-refractivity contribution in [1.82, 2.24) is 15.1 Å². The third-order valence-electron chi connectivity index (χ3n) is 5.48. The molecule has 3 rings (SSSR count). The molecule has 0 radical (unpaired) electrons. The summed E-state index contributed by atoms with van der Waals surface area (Å²) < 4.78 is 5.10. The molecular formula is C21H31N3O3. The Morgan fingerprint density at radius 1 is 1.15 bits per heavy atom. The topological polar surface area (TPSA) is 61.9 Å². The molecule has 1 N–H and O–H groups in total. The predicted octanol–water partition coefficient (Wildman–Crippen LogP) is 2.81. The normalized spacial score (nSPS) is 21.7. The van der Waals surface area contributed by atoms with Gasteiger partial charge in [0.15, 0.2) is 0 Å². The first kappa shape index (κ1) is 19.7. The number of benzene rings is 1. The minimum absolute atomic E-state index is 0.0187. The molecule has 0 spiro atoms. The number of nitrogens with zero attached hydrogens (tertiary/aromatic N) is 2. The fourth-order valence-electron chi connectivity index (χ4n) is 4.00. The monoisotopic (exact) mass is 373 g/mol. The fourth-order valence-corrected chi connectivity index (χ4v) is 4.00. The lowest BCUT2D eigenvalue weighted by molar-refractivity contribution is -0.127. The molecule has 2 atom stereocenters. The Morgan fingerprint density at radius 2 is 1.89 bits per heavy atom. The Hall–Kier alpha value is -2.08. The van der Waals surface area contributed by atoms with Gasteiger partial charge in [0.05, 0.1) is 18.6 Å². The van der Waals surface area contributed by atoms with Crippen molar-refractivity contribution < 1.29 is 14.3 Å². The average molecular weight is 373 g/mol. The predicted molar refractivity (Wildman–Crippen MR) is 104 cm³/mol. The van der Waals surface area contributed by atoms with Crippen molar-refractivity contribution in [1.29, 1.82) is 0 Å². The van der Waals surface area contributed by atoms with Crippen LogP contribution in [0.1, 0.15) is 44.2 Å². The van der Waals surface area contributed by atoms with Gasteiger partial charge < -0.3 is 19.9 Å². The van der Waals surface area contributed by atoms with Crippen LogP contribution >= 0.6 is 0 Å². The van der Waals surface area contributed by atoms with Gasteiger partial charge in [-0.1, -0.05) is 30.3 Å². The molecule has 0 bridgehead atoms. The van der Waals surface area contributed by atoms with E-state index in [9.17, 15) is 9.59 Å². The number of carbonyl (C=O) groups is 2. The second-order valence-corrected chi connectivity index (χ2v) is 7.46. The molecule has 2 aliphatic rings. The van der Waals surface area contributed by atoms with Crippen molar-refractivity contribution in [3.05, 3.63) is 35.9 Å². The molecule has 148 valence electrons. The molecule has 6 heteroatoms. The zero-order chi connectivity index (χ0) is 19.1. The van der Waals surface area contributed by atoms with Crippen molar-refractivity contribution in [2.24, 2.45) is 5.92 Å². The van der Waals surface area contributed by atoms with E-state index in [-0.39, 0.29) is 24.0 Å². The standard InChI is InChI=1S/C21H31N3O3/c1-2-27-21(26)24-14-8-11-18(15-24)20(25)22-19(16-23-12-6-7-13-23)17-9-4-3-5-10-17/h3-5,9-10,18-19H,2,6-8,11-16H2,1H3,(H,22,25). The highest BCUT2D eigenvalue weighted by molar-refractivity contribution is 5.80. The van der Waals surface area contributed by atoms with Crippen molar-refractivity contribution in [2.75, 3.05) is 39.3 Å². The smallest absolute Gasteiger partial charge is 0.409 e. The minimum Gasteiger partial charge on any atom is -0.450 e. The SMILES string of the molecule is CCOC(=O)N1CCCC(C(=O)NC(CN2CCCC2)c2ccccc2)C1. The number of ether oxygens (including phenoxy) is 1. The van der Waals surface area contributed by atoms with Crippen LogP contribution in [0.3, 0.4) is 0 Å². The minimum atomic E-state index is -0.313. The Labute approximate surface area is 161 Å². The van der Waals surface area contributed by atoms with Gasteiger partial charge in [0.25, 0.3) is 0 Å². The maximum atomic E-state index is 13.0. The number of hydrogen-bond donors (Lipinski definition) is 1. The van der Waals surface area contributed by atoms with Crippen LogP contribution in [-0.4, -0.2) is 61.1 Å². The van der Waals surface area contributed by atoms with Crippen molar-refractivity contribution in [3.8, 4) is 0 Å². The van der Waals surface area contributed by atoms with Gasteiger partial charge in [0, 0.05) is 19.6 Å². The van der Waals surface area contributed by atoms with Crippen LogP contribution in [0.2, 0.25) is 0 Å².